The second-order valence-corrected chi connectivity index (χ2v) is 7.90. The van der Waals surface area contributed by atoms with Crippen LogP contribution >= 0.6 is 23.5 Å². The molecule has 2 heterocycles. The molecule has 2 aliphatic rings. The fourth-order valence-corrected chi connectivity index (χ4v) is 4.89. The first-order valence-electron chi connectivity index (χ1n) is 6.72. The molecule has 9 heteroatoms. The molecule has 122 valence electrons. The Hall–Kier alpha value is -1.64. The number of aliphatic imine (C=N–C) groups is 1. The highest BCUT2D eigenvalue weighted by Crippen LogP contribution is 2.39. The molecule has 0 aromatic heterocycles. The number of hydrogen-bond donors (Lipinski definition) is 1. The molecule has 0 atom stereocenters. The van der Waals surface area contributed by atoms with Gasteiger partial charge in [-0.25, -0.2) is 17.8 Å². The lowest BCUT2D eigenvalue weighted by atomic mass is 10.3. The lowest BCUT2D eigenvalue weighted by Crippen LogP contribution is -2.31. The first kappa shape index (κ1) is 16.2. The van der Waals surface area contributed by atoms with Crippen molar-refractivity contribution >= 4 is 39.2 Å². The van der Waals surface area contributed by atoms with E-state index in [0.29, 0.717) is 22.4 Å². The zero-order valence-corrected chi connectivity index (χ0v) is 15.1. The number of sulfone groups is 1. The van der Waals surface area contributed by atoms with Gasteiger partial charge in [0.1, 0.15) is 22.4 Å². The second kappa shape index (κ2) is 5.77. The van der Waals surface area contributed by atoms with E-state index in [1.165, 1.54) is 16.4 Å². The third-order valence-corrected chi connectivity index (χ3v) is 6.56. The number of halogens is 1. The molecule has 0 fully saturated rings. The molecular formula is C14H15ClN4O2S2. The third-order valence-electron chi connectivity index (χ3n) is 3.59. The maximum Gasteiger partial charge on any atom is 0.226 e. The van der Waals surface area contributed by atoms with Crippen molar-refractivity contribution < 1.29 is 8.42 Å². The third kappa shape index (κ3) is 2.50. The molecule has 1 aromatic carbocycles. The zero-order valence-electron chi connectivity index (χ0n) is 12.7. The van der Waals surface area contributed by atoms with Gasteiger partial charge in [-0.15, -0.1) is 0 Å². The van der Waals surface area contributed by atoms with Crippen molar-refractivity contribution in [2.75, 3.05) is 13.3 Å². The van der Waals surface area contributed by atoms with Crippen LogP contribution in [-0.4, -0.2) is 36.9 Å². The van der Waals surface area contributed by atoms with Gasteiger partial charge >= 0.3 is 0 Å². The van der Waals surface area contributed by atoms with Gasteiger partial charge in [-0.2, -0.15) is 0 Å². The summed E-state index contributed by atoms with van der Waals surface area (Å²) in [6, 6.07) is 8.29. The van der Waals surface area contributed by atoms with Crippen LogP contribution < -0.4 is 5.43 Å². The topological polar surface area (TPSA) is 65.0 Å². The zero-order chi connectivity index (χ0) is 16.8. The van der Waals surface area contributed by atoms with E-state index in [1.54, 1.807) is 55.5 Å². The predicted molar refractivity (Wildman–Crippen MR) is 92.9 cm³/mol. The van der Waals surface area contributed by atoms with Crippen LogP contribution in [0.15, 0.2) is 61.8 Å². The number of rotatable bonds is 3. The lowest BCUT2D eigenvalue weighted by Gasteiger charge is -2.24. The van der Waals surface area contributed by atoms with E-state index < -0.39 is 9.84 Å². The van der Waals surface area contributed by atoms with Gasteiger partial charge in [0.15, 0.2) is 5.03 Å². The molecule has 23 heavy (non-hydrogen) atoms. The quantitative estimate of drug-likeness (QED) is 0.651. The Morgan fingerprint density at radius 3 is 2.52 bits per heavy atom. The minimum atomic E-state index is -3.73. The molecule has 0 unspecified atom stereocenters. The molecular weight excluding hydrogens is 356 g/mol. The molecule has 0 spiro atoms. The predicted octanol–water partition coefficient (Wildman–Crippen LogP) is 2.50. The SMILES string of the molecule is CSN1NC2=C(Cl)N(C)C(C)=NC2=C1S(=O)(=O)c1ccccc1. The van der Waals surface area contributed by atoms with E-state index in [1.807, 2.05) is 0 Å². The van der Waals surface area contributed by atoms with Crippen LogP contribution in [0.3, 0.4) is 0 Å². The minimum absolute atomic E-state index is 0.0943. The van der Waals surface area contributed by atoms with Crippen molar-refractivity contribution in [2.45, 2.75) is 11.8 Å². The van der Waals surface area contributed by atoms with Gasteiger partial charge in [-0.1, -0.05) is 29.8 Å². The fourth-order valence-electron chi connectivity index (χ4n) is 2.28. The number of nitrogens with zero attached hydrogens (tertiary/aromatic N) is 3. The van der Waals surface area contributed by atoms with Crippen LogP contribution in [0.25, 0.3) is 0 Å². The molecule has 0 saturated heterocycles. The van der Waals surface area contributed by atoms with Crippen LogP contribution in [0, 0.1) is 0 Å². The molecule has 0 bridgehead atoms. The summed E-state index contributed by atoms with van der Waals surface area (Å²) in [6.07, 6.45) is 1.78. The van der Waals surface area contributed by atoms with E-state index in [0.717, 1.165) is 0 Å². The summed E-state index contributed by atoms with van der Waals surface area (Å²) in [5, 5.41) is 0.501. The Bertz CT molecular complexity index is 847. The standard InChI is InChI=1S/C14H15ClN4O2S2/c1-9-16-12-11(13(15)18(9)2)17-19(22-3)14(12)23(20,21)10-7-5-4-6-8-10/h4-8,17H,1-3H3. The van der Waals surface area contributed by atoms with Crippen LogP contribution in [0.1, 0.15) is 6.92 Å². The Labute approximate surface area is 144 Å². The molecule has 3 rings (SSSR count). The highest BCUT2D eigenvalue weighted by molar-refractivity contribution is 7.99. The second-order valence-electron chi connectivity index (χ2n) is 4.94. The summed E-state index contributed by atoms with van der Waals surface area (Å²) in [5.74, 6) is 0.624. The maximum absolute atomic E-state index is 13.1. The summed E-state index contributed by atoms with van der Waals surface area (Å²) in [5.41, 5.74) is 3.84. The van der Waals surface area contributed by atoms with Crippen molar-refractivity contribution in [1.82, 2.24) is 14.7 Å². The number of nitrogens with one attached hydrogen (secondary N) is 1. The summed E-state index contributed by atoms with van der Waals surface area (Å²) >= 11 is 7.58. The van der Waals surface area contributed by atoms with E-state index in [4.69, 9.17) is 11.6 Å². The van der Waals surface area contributed by atoms with Gasteiger partial charge in [-0.05, 0) is 31.0 Å². The Kier molecular flexibility index (Phi) is 4.07. The highest BCUT2D eigenvalue weighted by atomic mass is 35.5. The van der Waals surface area contributed by atoms with Gasteiger partial charge in [0.2, 0.25) is 9.84 Å². The Morgan fingerprint density at radius 1 is 1.26 bits per heavy atom. The molecule has 0 aliphatic carbocycles. The lowest BCUT2D eigenvalue weighted by molar-refractivity contribution is 0.514. The average molecular weight is 371 g/mol. The van der Waals surface area contributed by atoms with Crippen LogP contribution in [0.4, 0.5) is 0 Å². The van der Waals surface area contributed by atoms with Crippen molar-refractivity contribution in [3.05, 3.63) is 51.9 Å². The van der Waals surface area contributed by atoms with Crippen LogP contribution in [0.2, 0.25) is 0 Å². The molecule has 0 radical (unpaired) electrons. The highest BCUT2D eigenvalue weighted by Gasteiger charge is 2.40. The van der Waals surface area contributed by atoms with Crippen molar-refractivity contribution in [1.29, 1.82) is 0 Å². The fraction of sp³-hybridized carbons (Fsp3) is 0.214. The van der Waals surface area contributed by atoms with Crippen LogP contribution in [-0.2, 0) is 9.84 Å². The van der Waals surface area contributed by atoms with E-state index in [9.17, 15) is 8.42 Å². The van der Waals surface area contributed by atoms with Crippen molar-refractivity contribution in [2.24, 2.45) is 4.99 Å². The van der Waals surface area contributed by atoms with Gasteiger partial charge in [-0.3, -0.25) is 5.43 Å². The number of hydrazine groups is 1. The largest absolute Gasteiger partial charge is 0.322 e. The van der Waals surface area contributed by atoms with Crippen LogP contribution in [0.5, 0.6) is 0 Å². The summed E-state index contributed by atoms with van der Waals surface area (Å²) in [6.45, 7) is 1.78. The Balaban J connectivity index is 2.26. The Morgan fingerprint density at radius 2 is 1.91 bits per heavy atom. The number of fused-ring (bicyclic) bond motifs is 1. The molecule has 2 aliphatic heterocycles. The van der Waals surface area contributed by atoms with Crippen molar-refractivity contribution in [3.8, 4) is 0 Å². The minimum Gasteiger partial charge on any atom is -0.322 e. The number of hydrogen-bond acceptors (Lipinski definition) is 7. The smallest absolute Gasteiger partial charge is 0.226 e. The van der Waals surface area contributed by atoms with E-state index in [2.05, 4.69) is 10.4 Å². The average Bonchev–Trinajstić information content (AvgIpc) is 2.93. The molecule has 1 aromatic rings. The monoisotopic (exact) mass is 370 g/mol. The van der Waals surface area contributed by atoms with Gasteiger partial charge < -0.3 is 4.90 Å². The summed E-state index contributed by atoms with van der Waals surface area (Å²) in [4.78, 5) is 6.34. The first-order chi connectivity index (χ1) is 10.9. The molecule has 0 amide bonds. The molecule has 0 saturated carbocycles. The first-order valence-corrected chi connectivity index (χ1v) is 9.76. The van der Waals surface area contributed by atoms with Gasteiger partial charge in [0, 0.05) is 13.3 Å². The molecule has 1 N–H and O–H groups in total. The van der Waals surface area contributed by atoms with Gasteiger partial charge in [0.05, 0.1) is 4.90 Å². The van der Waals surface area contributed by atoms with Gasteiger partial charge in [0.25, 0.3) is 0 Å². The molecule has 6 nitrogen and oxygen atoms in total. The maximum atomic E-state index is 13.1. The summed E-state index contributed by atoms with van der Waals surface area (Å²) in [7, 11) is -1.95. The summed E-state index contributed by atoms with van der Waals surface area (Å²) < 4.78 is 27.6. The number of benzene rings is 1. The van der Waals surface area contributed by atoms with E-state index >= 15 is 0 Å². The normalized spacial score (nSPS) is 18.2. The van der Waals surface area contributed by atoms with E-state index in [-0.39, 0.29) is 9.92 Å². The van der Waals surface area contributed by atoms with Crippen molar-refractivity contribution in [3.63, 3.8) is 0 Å². The number of amidine groups is 1.